The number of hydrogen-bond donors (Lipinski definition) is 2. The van der Waals surface area contributed by atoms with Crippen LogP contribution in [0.5, 0.6) is 0 Å². The van der Waals surface area contributed by atoms with Crippen molar-refractivity contribution in [1.29, 1.82) is 0 Å². The van der Waals surface area contributed by atoms with Gasteiger partial charge in [-0.15, -0.1) is 0 Å². The van der Waals surface area contributed by atoms with Crippen LogP contribution < -0.4 is 10.6 Å². The van der Waals surface area contributed by atoms with E-state index >= 15 is 0 Å². The average molecular weight is 323 g/mol. The highest BCUT2D eigenvalue weighted by Crippen LogP contribution is 2.29. The summed E-state index contributed by atoms with van der Waals surface area (Å²) < 4.78 is 14.9. The number of piperidine rings is 1. The first-order valence-electron chi connectivity index (χ1n) is 7.09. The molecule has 5 nitrogen and oxygen atoms in total. The highest BCUT2D eigenvalue weighted by atomic mass is 35.5. The number of rotatable bonds is 3. The van der Waals surface area contributed by atoms with E-state index in [0.717, 1.165) is 13.1 Å². The van der Waals surface area contributed by atoms with Crippen molar-refractivity contribution in [2.24, 2.45) is 0 Å². The van der Waals surface area contributed by atoms with E-state index in [-0.39, 0.29) is 10.9 Å². The van der Waals surface area contributed by atoms with Gasteiger partial charge < -0.3 is 10.6 Å². The number of benzene rings is 1. The molecule has 0 spiro atoms. The van der Waals surface area contributed by atoms with Gasteiger partial charge in [-0.3, -0.25) is 9.48 Å². The Morgan fingerprint density at radius 2 is 2.18 bits per heavy atom. The fraction of sp³-hybridized carbons (Fsp3) is 0.333. The number of hydrogen-bond acceptors (Lipinski definition) is 3. The van der Waals surface area contributed by atoms with E-state index in [9.17, 15) is 9.18 Å². The van der Waals surface area contributed by atoms with Crippen molar-refractivity contribution in [1.82, 2.24) is 15.1 Å². The number of halogens is 2. The zero-order chi connectivity index (χ0) is 15.6. The molecule has 2 N–H and O–H groups in total. The van der Waals surface area contributed by atoms with Crippen LogP contribution in [0.4, 0.5) is 10.1 Å². The smallest absolute Gasteiger partial charge is 0.252 e. The highest BCUT2D eigenvalue weighted by molar-refractivity contribution is 6.31. The summed E-state index contributed by atoms with van der Waals surface area (Å²) in [6, 6.07) is 5.94. The first kappa shape index (κ1) is 15.0. The number of aromatic nitrogens is 2. The monoisotopic (exact) mass is 322 g/mol. The second-order valence-electron chi connectivity index (χ2n) is 5.32. The van der Waals surface area contributed by atoms with Crippen molar-refractivity contribution in [3.63, 3.8) is 0 Å². The molecule has 22 heavy (non-hydrogen) atoms. The van der Waals surface area contributed by atoms with E-state index in [1.165, 1.54) is 18.2 Å². The molecule has 0 aliphatic carbocycles. The SMILES string of the molecule is O=C(Nc1ccc(F)c(Cl)c1)C1(n2cccn2)CCNCC1. The van der Waals surface area contributed by atoms with Gasteiger partial charge in [0.05, 0.1) is 5.02 Å². The maximum atomic E-state index is 13.2. The number of carbonyl (C=O) groups is 1. The Morgan fingerprint density at radius 1 is 1.41 bits per heavy atom. The zero-order valence-electron chi connectivity index (χ0n) is 11.9. The van der Waals surface area contributed by atoms with Crippen LogP contribution in [0.2, 0.25) is 5.02 Å². The largest absolute Gasteiger partial charge is 0.324 e. The first-order chi connectivity index (χ1) is 10.6. The van der Waals surface area contributed by atoms with Gasteiger partial charge in [0.1, 0.15) is 11.4 Å². The van der Waals surface area contributed by atoms with E-state index in [2.05, 4.69) is 15.7 Å². The van der Waals surface area contributed by atoms with Crippen LogP contribution in [0.25, 0.3) is 0 Å². The van der Waals surface area contributed by atoms with Gasteiger partial charge in [0.15, 0.2) is 0 Å². The summed E-state index contributed by atoms with van der Waals surface area (Å²) in [5, 5.41) is 10.3. The zero-order valence-corrected chi connectivity index (χ0v) is 12.6. The minimum absolute atomic E-state index is 0.0174. The highest BCUT2D eigenvalue weighted by Gasteiger charge is 2.42. The Balaban J connectivity index is 1.88. The van der Waals surface area contributed by atoms with Crippen LogP contribution in [0.15, 0.2) is 36.7 Å². The van der Waals surface area contributed by atoms with Crippen molar-refractivity contribution >= 4 is 23.2 Å². The third-order valence-electron chi connectivity index (χ3n) is 3.97. The van der Waals surface area contributed by atoms with Gasteiger partial charge in [0.2, 0.25) is 0 Å². The molecule has 0 radical (unpaired) electrons. The molecule has 7 heteroatoms. The quantitative estimate of drug-likeness (QED) is 0.912. The number of nitrogens with one attached hydrogen (secondary N) is 2. The minimum Gasteiger partial charge on any atom is -0.324 e. The van der Waals surface area contributed by atoms with E-state index in [1.54, 1.807) is 23.1 Å². The normalized spacial score (nSPS) is 17.2. The average Bonchev–Trinajstić information content (AvgIpc) is 3.06. The number of anilines is 1. The Labute approximate surface area is 132 Å². The van der Waals surface area contributed by atoms with E-state index in [4.69, 9.17) is 11.6 Å². The minimum atomic E-state index is -0.740. The molecule has 0 unspecified atom stereocenters. The maximum absolute atomic E-state index is 13.2. The lowest BCUT2D eigenvalue weighted by atomic mass is 9.87. The summed E-state index contributed by atoms with van der Waals surface area (Å²) in [6.45, 7) is 1.47. The third kappa shape index (κ3) is 2.71. The molecule has 116 valence electrons. The van der Waals surface area contributed by atoms with Gasteiger partial charge in [-0.25, -0.2) is 4.39 Å². The van der Waals surface area contributed by atoms with Gasteiger partial charge in [-0.1, -0.05) is 11.6 Å². The van der Waals surface area contributed by atoms with Crippen molar-refractivity contribution in [3.05, 3.63) is 47.5 Å². The molecule has 0 bridgehead atoms. The van der Waals surface area contributed by atoms with Crippen molar-refractivity contribution in [3.8, 4) is 0 Å². The number of carbonyl (C=O) groups excluding carboxylic acids is 1. The first-order valence-corrected chi connectivity index (χ1v) is 7.47. The Hall–Kier alpha value is -1.92. The summed E-state index contributed by atoms with van der Waals surface area (Å²) in [6.07, 6.45) is 4.72. The van der Waals surface area contributed by atoms with Crippen LogP contribution in [0.1, 0.15) is 12.8 Å². The maximum Gasteiger partial charge on any atom is 0.252 e. The fourth-order valence-electron chi connectivity index (χ4n) is 2.74. The molecule has 1 aliphatic heterocycles. The second-order valence-corrected chi connectivity index (χ2v) is 5.72. The summed E-state index contributed by atoms with van der Waals surface area (Å²) in [5.41, 5.74) is -0.267. The van der Waals surface area contributed by atoms with Crippen LogP contribution in [-0.2, 0) is 10.3 Å². The molecular formula is C15H16ClFN4O. The van der Waals surface area contributed by atoms with E-state index < -0.39 is 11.4 Å². The van der Waals surface area contributed by atoms with Crippen LogP contribution in [0, 0.1) is 5.82 Å². The molecule has 1 saturated heterocycles. The predicted octanol–water partition coefficient (Wildman–Crippen LogP) is 2.39. The lowest BCUT2D eigenvalue weighted by Crippen LogP contribution is -2.52. The lowest BCUT2D eigenvalue weighted by Gasteiger charge is -2.36. The number of amides is 1. The molecule has 0 saturated carbocycles. The Kier molecular flexibility index (Phi) is 4.13. The molecule has 2 heterocycles. The molecular weight excluding hydrogens is 307 g/mol. The topological polar surface area (TPSA) is 59.0 Å². The van der Waals surface area contributed by atoms with Gasteiger partial charge in [0, 0.05) is 18.1 Å². The van der Waals surface area contributed by atoms with Crippen LogP contribution in [0.3, 0.4) is 0 Å². The van der Waals surface area contributed by atoms with Crippen LogP contribution in [-0.4, -0.2) is 28.8 Å². The predicted molar refractivity (Wildman–Crippen MR) is 82.3 cm³/mol. The molecule has 1 fully saturated rings. The third-order valence-corrected chi connectivity index (χ3v) is 4.26. The van der Waals surface area contributed by atoms with Crippen LogP contribution >= 0.6 is 11.6 Å². The standard InChI is InChI=1S/C15H16ClFN4O/c16-12-10-11(2-3-13(12)17)20-14(22)15(4-7-18-8-5-15)21-9-1-6-19-21/h1-3,6,9-10,18H,4-5,7-8H2,(H,20,22). The Bertz CT molecular complexity index is 668. The second kappa shape index (κ2) is 6.06. The van der Waals surface area contributed by atoms with Gasteiger partial charge >= 0.3 is 0 Å². The van der Waals surface area contributed by atoms with Crippen molar-refractivity contribution < 1.29 is 9.18 Å². The van der Waals surface area contributed by atoms with Crippen molar-refractivity contribution in [2.45, 2.75) is 18.4 Å². The molecule has 1 aromatic carbocycles. The molecule has 0 atom stereocenters. The molecule has 2 aromatic rings. The summed E-state index contributed by atoms with van der Waals surface area (Å²) in [7, 11) is 0. The van der Waals surface area contributed by atoms with E-state index in [1.807, 2.05) is 0 Å². The molecule has 1 amide bonds. The summed E-state index contributed by atoms with van der Waals surface area (Å²) in [5.74, 6) is -0.677. The summed E-state index contributed by atoms with van der Waals surface area (Å²) >= 11 is 5.76. The molecule has 1 aliphatic rings. The molecule has 3 rings (SSSR count). The van der Waals surface area contributed by atoms with Gasteiger partial charge in [-0.2, -0.15) is 5.10 Å². The van der Waals surface area contributed by atoms with Gasteiger partial charge in [0.25, 0.3) is 5.91 Å². The fourth-order valence-corrected chi connectivity index (χ4v) is 2.92. The van der Waals surface area contributed by atoms with Crippen molar-refractivity contribution in [2.75, 3.05) is 18.4 Å². The van der Waals surface area contributed by atoms with Gasteiger partial charge in [-0.05, 0) is 50.2 Å². The molecule has 1 aromatic heterocycles. The number of nitrogens with zero attached hydrogens (tertiary/aromatic N) is 2. The lowest BCUT2D eigenvalue weighted by molar-refractivity contribution is -0.126. The Morgan fingerprint density at radius 3 is 2.82 bits per heavy atom. The van der Waals surface area contributed by atoms with E-state index in [0.29, 0.717) is 18.5 Å². The summed E-state index contributed by atoms with van der Waals surface area (Å²) in [4.78, 5) is 12.8.